The number of nitrogens with zero attached hydrogens (tertiary/aromatic N) is 1. The summed E-state index contributed by atoms with van der Waals surface area (Å²) >= 11 is 1.70. The average Bonchev–Trinajstić information content (AvgIpc) is 2.85. The van der Waals surface area contributed by atoms with Crippen molar-refractivity contribution >= 4 is 11.3 Å². The van der Waals surface area contributed by atoms with Gasteiger partial charge in [-0.2, -0.15) is 0 Å². The number of thiazole rings is 1. The Morgan fingerprint density at radius 1 is 1.42 bits per heavy atom. The van der Waals surface area contributed by atoms with Crippen molar-refractivity contribution < 1.29 is 9.84 Å². The molecule has 2 aromatic rings. The molecule has 0 atom stereocenters. The Kier molecular flexibility index (Phi) is 3.42. The molecule has 1 aromatic heterocycles. The van der Waals surface area contributed by atoms with Gasteiger partial charge in [0.15, 0.2) is 0 Å². The van der Waals surface area contributed by atoms with E-state index in [-0.39, 0.29) is 0 Å². The molecule has 0 unspecified atom stereocenters. The predicted octanol–water partition coefficient (Wildman–Crippen LogP) is 3.79. The first kappa shape index (κ1) is 12.5. The van der Waals surface area contributed by atoms with Crippen molar-refractivity contribution in [3.8, 4) is 22.2 Å². The summed E-state index contributed by atoms with van der Waals surface area (Å²) in [6.45, 7) is 2.88. The molecule has 3 rings (SSSR count). The highest BCUT2D eigenvalue weighted by molar-refractivity contribution is 7.15. The Morgan fingerprint density at radius 2 is 2.32 bits per heavy atom. The molecule has 0 fully saturated rings. The summed E-state index contributed by atoms with van der Waals surface area (Å²) in [4.78, 5) is 5.81. The molecule has 3 nitrogen and oxygen atoms in total. The lowest BCUT2D eigenvalue weighted by Gasteiger charge is -2.09. The highest BCUT2D eigenvalue weighted by atomic mass is 32.1. The lowest BCUT2D eigenvalue weighted by Crippen LogP contribution is -2.06. The fourth-order valence-corrected chi connectivity index (χ4v) is 3.37. The van der Waals surface area contributed by atoms with Crippen LogP contribution in [0.2, 0.25) is 0 Å². The van der Waals surface area contributed by atoms with Gasteiger partial charge in [-0.1, -0.05) is 13.3 Å². The molecule has 1 aliphatic rings. The molecule has 0 saturated carbocycles. The summed E-state index contributed by atoms with van der Waals surface area (Å²) < 4.78 is 5.58. The minimum Gasteiger partial charge on any atom is -0.508 e. The zero-order chi connectivity index (χ0) is 13.2. The Labute approximate surface area is 116 Å². The molecule has 0 amide bonds. The molecular formula is C15H17NO2S. The van der Waals surface area contributed by atoms with Crippen molar-refractivity contribution in [2.45, 2.75) is 32.6 Å². The normalized spacial score (nSPS) is 13.9. The summed E-state index contributed by atoms with van der Waals surface area (Å²) in [6, 6.07) is 5.74. The molecule has 0 spiro atoms. The van der Waals surface area contributed by atoms with Crippen molar-refractivity contribution in [1.29, 1.82) is 0 Å². The number of hydrogen-bond acceptors (Lipinski definition) is 4. The van der Waals surface area contributed by atoms with Crippen LogP contribution in [0.5, 0.6) is 11.6 Å². The van der Waals surface area contributed by atoms with Crippen LogP contribution in [0.4, 0.5) is 0 Å². The van der Waals surface area contributed by atoms with Crippen molar-refractivity contribution in [1.82, 2.24) is 4.98 Å². The third-order valence-electron chi connectivity index (χ3n) is 3.29. The SMILES string of the molecule is CCCc1cc(-c2nc3c(s2)CCCO3)ccc1O. The second-order valence-electron chi connectivity index (χ2n) is 4.79. The van der Waals surface area contributed by atoms with E-state index in [4.69, 9.17) is 4.74 Å². The lowest BCUT2D eigenvalue weighted by molar-refractivity contribution is 0.280. The number of aromatic nitrogens is 1. The van der Waals surface area contributed by atoms with Crippen molar-refractivity contribution in [3.63, 3.8) is 0 Å². The maximum absolute atomic E-state index is 9.83. The van der Waals surface area contributed by atoms with Gasteiger partial charge in [-0.3, -0.25) is 0 Å². The Morgan fingerprint density at radius 3 is 3.11 bits per heavy atom. The van der Waals surface area contributed by atoms with Gasteiger partial charge in [0.05, 0.1) is 11.5 Å². The second kappa shape index (κ2) is 5.21. The van der Waals surface area contributed by atoms with Crippen LogP contribution in [-0.2, 0) is 12.8 Å². The molecule has 0 bridgehead atoms. The van der Waals surface area contributed by atoms with E-state index < -0.39 is 0 Å². The molecule has 100 valence electrons. The third-order valence-corrected chi connectivity index (χ3v) is 4.44. The third kappa shape index (κ3) is 2.45. The van der Waals surface area contributed by atoms with E-state index in [1.54, 1.807) is 17.4 Å². The molecule has 4 heteroatoms. The van der Waals surface area contributed by atoms with Crippen LogP contribution >= 0.6 is 11.3 Å². The molecule has 0 radical (unpaired) electrons. The van der Waals surface area contributed by atoms with Crippen molar-refractivity contribution in [2.24, 2.45) is 0 Å². The van der Waals surface area contributed by atoms with Gasteiger partial charge in [0.25, 0.3) is 0 Å². The minimum absolute atomic E-state index is 0.378. The van der Waals surface area contributed by atoms with Crippen LogP contribution in [0.15, 0.2) is 18.2 Å². The zero-order valence-corrected chi connectivity index (χ0v) is 11.8. The number of phenolic OH excluding ortho intramolecular Hbond substituents is 1. The van der Waals surface area contributed by atoms with E-state index in [2.05, 4.69) is 11.9 Å². The number of hydrogen-bond donors (Lipinski definition) is 1. The number of phenols is 1. The molecule has 0 aliphatic carbocycles. The van der Waals surface area contributed by atoms with E-state index in [0.717, 1.165) is 54.3 Å². The van der Waals surface area contributed by atoms with Crippen molar-refractivity contribution in [3.05, 3.63) is 28.6 Å². The topological polar surface area (TPSA) is 42.4 Å². The van der Waals surface area contributed by atoms with E-state index in [1.165, 1.54) is 4.88 Å². The Bertz CT molecular complexity index is 568. The van der Waals surface area contributed by atoms with Gasteiger partial charge in [-0.15, -0.1) is 11.3 Å². The Hall–Kier alpha value is -1.55. The fourth-order valence-electron chi connectivity index (χ4n) is 2.32. The second-order valence-corrected chi connectivity index (χ2v) is 5.88. The molecular weight excluding hydrogens is 258 g/mol. The first-order chi connectivity index (χ1) is 9.28. The van der Waals surface area contributed by atoms with Crippen molar-refractivity contribution in [2.75, 3.05) is 6.61 Å². The largest absolute Gasteiger partial charge is 0.508 e. The van der Waals surface area contributed by atoms with Crippen LogP contribution in [0.3, 0.4) is 0 Å². The summed E-state index contributed by atoms with van der Waals surface area (Å²) in [5, 5.41) is 10.8. The van der Waals surface area contributed by atoms with E-state index >= 15 is 0 Å². The van der Waals surface area contributed by atoms with Gasteiger partial charge >= 0.3 is 0 Å². The average molecular weight is 275 g/mol. The quantitative estimate of drug-likeness (QED) is 0.926. The number of rotatable bonds is 3. The van der Waals surface area contributed by atoms with Crippen LogP contribution in [-0.4, -0.2) is 16.7 Å². The fraction of sp³-hybridized carbons (Fsp3) is 0.400. The molecule has 0 saturated heterocycles. The van der Waals surface area contributed by atoms with Gasteiger partial charge < -0.3 is 9.84 Å². The van der Waals surface area contributed by atoms with E-state index in [0.29, 0.717) is 5.75 Å². The van der Waals surface area contributed by atoms with E-state index in [1.807, 2.05) is 12.1 Å². The monoisotopic (exact) mass is 275 g/mol. The van der Waals surface area contributed by atoms with Gasteiger partial charge in [-0.05, 0) is 43.0 Å². The predicted molar refractivity (Wildman–Crippen MR) is 77.0 cm³/mol. The molecule has 1 aromatic carbocycles. The number of ether oxygens (including phenoxy) is 1. The van der Waals surface area contributed by atoms with E-state index in [9.17, 15) is 5.11 Å². The van der Waals surface area contributed by atoms with Crippen LogP contribution < -0.4 is 4.74 Å². The maximum atomic E-state index is 9.83. The number of aromatic hydroxyl groups is 1. The summed E-state index contributed by atoms with van der Waals surface area (Å²) in [7, 11) is 0. The summed E-state index contributed by atoms with van der Waals surface area (Å²) in [6.07, 6.45) is 4.05. The van der Waals surface area contributed by atoms with Gasteiger partial charge in [0, 0.05) is 5.56 Å². The number of benzene rings is 1. The number of fused-ring (bicyclic) bond motifs is 1. The first-order valence-corrected chi connectivity index (χ1v) is 7.54. The molecule has 2 heterocycles. The summed E-state index contributed by atoms with van der Waals surface area (Å²) in [5.41, 5.74) is 2.07. The standard InChI is InChI=1S/C15H17NO2S/c1-2-4-10-9-11(6-7-12(10)17)15-16-14-13(19-15)5-3-8-18-14/h6-7,9,17H,2-5,8H2,1H3. The highest BCUT2D eigenvalue weighted by Crippen LogP contribution is 2.36. The highest BCUT2D eigenvalue weighted by Gasteiger charge is 2.17. The minimum atomic E-state index is 0.378. The molecule has 19 heavy (non-hydrogen) atoms. The van der Waals surface area contributed by atoms with Crippen LogP contribution in [0, 0.1) is 0 Å². The summed E-state index contributed by atoms with van der Waals surface area (Å²) in [5.74, 6) is 1.18. The van der Waals surface area contributed by atoms with Crippen LogP contribution in [0.25, 0.3) is 10.6 Å². The van der Waals surface area contributed by atoms with Gasteiger partial charge in [0.2, 0.25) is 5.88 Å². The Balaban J connectivity index is 1.97. The zero-order valence-electron chi connectivity index (χ0n) is 11.0. The molecule has 1 N–H and O–H groups in total. The first-order valence-electron chi connectivity index (χ1n) is 6.72. The van der Waals surface area contributed by atoms with Gasteiger partial charge in [0.1, 0.15) is 10.8 Å². The smallest absolute Gasteiger partial charge is 0.228 e. The number of aryl methyl sites for hydroxylation is 2. The maximum Gasteiger partial charge on any atom is 0.228 e. The molecule has 1 aliphatic heterocycles. The lowest BCUT2D eigenvalue weighted by atomic mass is 10.1. The van der Waals surface area contributed by atoms with Gasteiger partial charge in [-0.25, -0.2) is 4.98 Å². The van der Waals surface area contributed by atoms with Crippen LogP contribution in [0.1, 0.15) is 30.2 Å².